The Labute approximate surface area is 152 Å². The zero-order valence-electron chi connectivity index (χ0n) is 14.5. The van der Waals surface area contributed by atoms with E-state index in [4.69, 9.17) is 4.74 Å². The topological polar surface area (TPSA) is 59.4 Å². The molecule has 132 valence electrons. The standard InChI is InChI=1S/C20H20N4O2/c1-26-14-13-23-19(22-18-6-3-2-5-17(18)20(23)25)15-7-9-16(10-8-15)24-12-4-11-21-24/h2-12,19,22H,13-14H2,1H3/t19-/m0/s1. The highest BCUT2D eigenvalue weighted by atomic mass is 16.5. The number of hydrogen-bond acceptors (Lipinski definition) is 4. The number of ether oxygens (including phenoxy) is 1. The molecule has 0 unspecified atom stereocenters. The predicted octanol–water partition coefficient (Wildman–Crippen LogP) is 3.09. The Morgan fingerprint density at radius 3 is 2.65 bits per heavy atom. The molecular weight excluding hydrogens is 328 g/mol. The van der Waals surface area contributed by atoms with Crippen molar-refractivity contribution in [2.45, 2.75) is 6.17 Å². The second-order valence-electron chi connectivity index (χ2n) is 6.13. The molecule has 1 atom stereocenters. The summed E-state index contributed by atoms with van der Waals surface area (Å²) in [6.45, 7) is 1.000. The summed E-state index contributed by atoms with van der Waals surface area (Å²) >= 11 is 0. The molecule has 1 aliphatic heterocycles. The van der Waals surface area contributed by atoms with Crippen LogP contribution in [0.4, 0.5) is 5.69 Å². The van der Waals surface area contributed by atoms with Crippen molar-refractivity contribution in [1.82, 2.24) is 14.7 Å². The maximum absolute atomic E-state index is 13.0. The van der Waals surface area contributed by atoms with E-state index >= 15 is 0 Å². The van der Waals surface area contributed by atoms with Gasteiger partial charge in [-0.25, -0.2) is 4.68 Å². The minimum absolute atomic E-state index is 0.0116. The van der Waals surface area contributed by atoms with Crippen LogP contribution in [0.5, 0.6) is 0 Å². The molecule has 0 bridgehead atoms. The van der Waals surface area contributed by atoms with Crippen LogP contribution in [0.25, 0.3) is 5.69 Å². The first-order chi connectivity index (χ1) is 12.8. The Balaban J connectivity index is 1.67. The number of anilines is 1. The molecule has 0 saturated carbocycles. The number of carbonyl (C=O) groups excluding carboxylic acids is 1. The van der Waals surface area contributed by atoms with Crippen molar-refractivity contribution < 1.29 is 9.53 Å². The highest BCUT2D eigenvalue weighted by Gasteiger charge is 2.32. The van der Waals surface area contributed by atoms with Gasteiger partial charge in [-0.1, -0.05) is 24.3 Å². The van der Waals surface area contributed by atoms with E-state index in [1.165, 1.54) is 0 Å². The normalized spacial score (nSPS) is 16.3. The number of nitrogens with zero attached hydrogens (tertiary/aromatic N) is 3. The highest BCUT2D eigenvalue weighted by molar-refractivity contribution is 6.01. The number of fused-ring (bicyclic) bond motifs is 1. The molecule has 3 aromatic rings. The summed E-state index contributed by atoms with van der Waals surface area (Å²) in [5, 5.41) is 7.73. The highest BCUT2D eigenvalue weighted by Crippen LogP contribution is 2.33. The van der Waals surface area contributed by atoms with Gasteiger partial charge < -0.3 is 15.0 Å². The Morgan fingerprint density at radius 1 is 1.12 bits per heavy atom. The van der Waals surface area contributed by atoms with Gasteiger partial charge in [0, 0.05) is 31.7 Å². The summed E-state index contributed by atoms with van der Waals surface area (Å²) in [6.07, 6.45) is 3.41. The van der Waals surface area contributed by atoms with Crippen molar-refractivity contribution in [2.24, 2.45) is 0 Å². The minimum Gasteiger partial charge on any atom is -0.383 e. The smallest absolute Gasteiger partial charge is 0.257 e. The molecule has 1 aromatic heterocycles. The van der Waals surface area contributed by atoms with Gasteiger partial charge in [-0.05, 0) is 35.9 Å². The second-order valence-corrected chi connectivity index (χ2v) is 6.13. The largest absolute Gasteiger partial charge is 0.383 e. The van der Waals surface area contributed by atoms with Crippen LogP contribution < -0.4 is 5.32 Å². The molecule has 1 amide bonds. The summed E-state index contributed by atoms with van der Waals surface area (Å²) in [4.78, 5) is 14.8. The lowest BCUT2D eigenvalue weighted by atomic mass is 10.0. The fourth-order valence-corrected chi connectivity index (χ4v) is 3.21. The van der Waals surface area contributed by atoms with E-state index in [-0.39, 0.29) is 12.1 Å². The van der Waals surface area contributed by atoms with Crippen LogP contribution in [0.2, 0.25) is 0 Å². The lowest BCUT2D eigenvalue weighted by molar-refractivity contribution is 0.0609. The van der Waals surface area contributed by atoms with E-state index in [0.29, 0.717) is 18.7 Å². The number of amides is 1. The third kappa shape index (κ3) is 2.95. The SMILES string of the molecule is COCCN1C(=O)c2ccccc2N[C@@H]1c1ccc(-n2cccn2)cc1. The molecule has 26 heavy (non-hydrogen) atoms. The number of hydrogen-bond donors (Lipinski definition) is 1. The van der Waals surface area contributed by atoms with Gasteiger partial charge in [0.05, 0.1) is 17.9 Å². The van der Waals surface area contributed by atoms with Crippen molar-refractivity contribution in [3.63, 3.8) is 0 Å². The molecule has 0 aliphatic carbocycles. The van der Waals surface area contributed by atoms with Gasteiger partial charge in [-0.15, -0.1) is 0 Å². The van der Waals surface area contributed by atoms with Crippen molar-refractivity contribution in [3.8, 4) is 5.69 Å². The molecule has 2 aromatic carbocycles. The predicted molar refractivity (Wildman–Crippen MR) is 99.3 cm³/mol. The number of rotatable bonds is 5. The molecule has 6 heteroatoms. The van der Waals surface area contributed by atoms with E-state index in [1.54, 1.807) is 18.0 Å². The minimum atomic E-state index is -0.237. The molecule has 6 nitrogen and oxygen atoms in total. The average molecular weight is 348 g/mol. The van der Waals surface area contributed by atoms with Crippen LogP contribution in [0.1, 0.15) is 22.1 Å². The van der Waals surface area contributed by atoms with Crippen LogP contribution in [-0.4, -0.2) is 40.8 Å². The van der Waals surface area contributed by atoms with E-state index in [2.05, 4.69) is 10.4 Å². The van der Waals surface area contributed by atoms with Crippen molar-refractivity contribution >= 4 is 11.6 Å². The third-order valence-electron chi connectivity index (χ3n) is 4.54. The van der Waals surface area contributed by atoms with Gasteiger partial charge in [0.25, 0.3) is 5.91 Å². The first-order valence-electron chi connectivity index (χ1n) is 8.53. The molecule has 2 heterocycles. The van der Waals surface area contributed by atoms with E-state index < -0.39 is 0 Å². The molecule has 1 aliphatic rings. The van der Waals surface area contributed by atoms with E-state index in [9.17, 15) is 4.79 Å². The summed E-state index contributed by atoms with van der Waals surface area (Å²) in [5.74, 6) is 0.0116. The zero-order chi connectivity index (χ0) is 17.9. The van der Waals surface area contributed by atoms with Gasteiger partial charge >= 0.3 is 0 Å². The lowest BCUT2D eigenvalue weighted by Crippen LogP contribution is -2.44. The monoisotopic (exact) mass is 348 g/mol. The Hall–Kier alpha value is -3.12. The summed E-state index contributed by atoms with van der Waals surface area (Å²) in [5.41, 5.74) is 3.53. The number of para-hydroxylation sites is 1. The number of benzene rings is 2. The molecular formula is C20H20N4O2. The lowest BCUT2D eigenvalue weighted by Gasteiger charge is -2.38. The molecule has 0 radical (unpaired) electrons. The first-order valence-corrected chi connectivity index (χ1v) is 8.53. The maximum Gasteiger partial charge on any atom is 0.257 e. The van der Waals surface area contributed by atoms with Crippen LogP contribution in [-0.2, 0) is 4.74 Å². The number of nitrogens with one attached hydrogen (secondary N) is 1. The van der Waals surface area contributed by atoms with Crippen molar-refractivity contribution in [3.05, 3.63) is 78.1 Å². The van der Waals surface area contributed by atoms with Gasteiger partial charge in [-0.2, -0.15) is 5.10 Å². The first kappa shape index (κ1) is 16.4. The van der Waals surface area contributed by atoms with Gasteiger partial charge in [0.2, 0.25) is 0 Å². The van der Waals surface area contributed by atoms with Crippen LogP contribution in [0.3, 0.4) is 0 Å². The van der Waals surface area contributed by atoms with Crippen LogP contribution in [0, 0.1) is 0 Å². The van der Waals surface area contributed by atoms with Crippen molar-refractivity contribution in [1.29, 1.82) is 0 Å². The Morgan fingerprint density at radius 2 is 1.92 bits per heavy atom. The van der Waals surface area contributed by atoms with Crippen LogP contribution >= 0.6 is 0 Å². The van der Waals surface area contributed by atoms with Crippen molar-refractivity contribution in [2.75, 3.05) is 25.6 Å². The fourth-order valence-electron chi connectivity index (χ4n) is 3.21. The molecule has 0 saturated heterocycles. The summed E-state index contributed by atoms with van der Waals surface area (Å²) < 4.78 is 7.01. The van der Waals surface area contributed by atoms with Gasteiger partial charge in [-0.3, -0.25) is 4.79 Å². The molecule has 4 rings (SSSR count). The maximum atomic E-state index is 13.0. The molecule has 0 fully saturated rings. The Bertz CT molecular complexity index is 890. The van der Waals surface area contributed by atoms with Crippen LogP contribution in [0.15, 0.2) is 67.0 Å². The van der Waals surface area contributed by atoms with Gasteiger partial charge in [0.1, 0.15) is 6.17 Å². The van der Waals surface area contributed by atoms with Gasteiger partial charge in [0.15, 0.2) is 0 Å². The molecule has 1 N–H and O–H groups in total. The third-order valence-corrected chi connectivity index (χ3v) is 4.54. The summed E-state index contributed by atoms with van der Waals surface area (Å²) in [6, 6.07) is 17.5. The Kier molecular flexibility index (Phi) is 4.41. The number of carbonyl (C=O) groups is 1. The van der Waals surface area contributed by atoms with E-state index in [1.807, 2.05) is 65.7 Å². The second kappa shape index (κ2) is 7.01. The van der Waals surface area contributed by atoms with E-state index in [0.717, 1.165) is 16.9 Å². The quantitative estimate of drug-likeness (QED) is 0.770. The summed E-state index contributed by atoms with van der Waals surface area (Å²) in [7, 11) is 1.64. The fraction of sp³-hybridized carbons (Fsp3) is 0.200. The molecule has 0 spiro atoms. The number of aromatic nitrogens is 2. The number of methoxy groups -OCH3 is 1. The zero-order valence-corrected chi connectivity index (χ0v) is 14.5. The average Bonchev–Trinajstić information content (AvgIpc) is 3.22.